The van der Waals surface area contributed by atoms with E-state index in [-0.39, 0.29) is 49.5 Å². The number of hydrogen-bond acceptors (Lipinski definition) is 8. The van der Waals surface area contributed by atoms with E-state index in [0.717, 1.165) is 60.7 Å². The van der Waals surface area contributed by atoms with Crippen LogP contribution in [0.25, 0.3) is 0 Å². The summed E-state index contributed by atoms with van der Waals surface area (Å²) in [5.74, 6) is -0.0348. The molecule has 2 amide bonds. The number of anilines is 2. The minimum atomic E-state index is -4.35. The van der Waals surface area contributed by atoms with Gasteiger partial charge in [0.05, 0.1) is 11.1 Å². The lowest BCUT2D eigenvalue weighted by atomic mass is 10.1. The predicted octanol–water partition coefficient (Wildman–Crippen LogP) is 7.73. The first-order valence-corrected chi connectivity index (χ1v) is 17.8. The summed E-state index contributed by atoms with van der Waals surface area (Å²) in [5.41, 5.74) is -0.279. The van der Waals surface area contributed by atoms with Gasteiger partial charge in [0.1, 0.15) is 0 Å². The molecule has 4 aromatic rings. The number of alkyl halides is 6. The van der Waals surface area contributed by atoms with Gasteiger partial charge in [-0.1, -0.05) is 36.4 Å². The maximum absolute atomic E-state index is 12.7. The fourth-order valence-corrected chi connectivity index (χ4v) is 7.06. The lowest BCUT2D eigenvalue weighted by Gasteiger charge is -2.34. The second-order valence-corrected chi connectivity index (χ2v) is 13.5. The molecule has 0 N–H and O–H groups in total. The molecule has 2 aromatic carbocycles. The Morgan fingerprint density at radius 3 is 1.27 bits per heavy atom. The Bertz CT molecular complexity index is 1560. The first-order valence-electron chi connectivity index (χ1n) is 16.0. The number of thiazole rings is 2. The molecule has 2 fully saturated rings. The predicted molar refractivity (Wildman–Crippen MR) is 196 cm³/mol. The van der Waals surface area contributed by atoms with Crippen LogP contribution in [0.15, 0.2) is 71.7 Å². The minimum absolute atomic E-state index is 0. The van der Waals surface area contributed by atoms with Crippen LogP contribution in [-0.2, 0) is 34.8 Å². The van der Waals surface area contributed by atoms with Crippen LogP contribution in [0, 0.1) is 0 Å². The van der Waals surface area contributed by atoms with Crippen LogP contribution >= 0.6 is 47.5 Å². The number of carbonyl (C=O) groups excluding carboxylic acids is 2. The van der Waals surface area contributed by atoms with Crippen LogP contribution in [0.3, 0.4) is 0 Å². The van der Waals surface area contributed by atoms with Gasteiger partial charge in [0.15, 0.2) is 10.3 Å². The lowest BCUT2D eigenvalue weighted by Crippen LogP contribution is -2.48. The Balaban J connectivity index is 0.000000270. The van der Waals surface area contributed by atoms with Crippen molar-refractivity contribution in [2.45, 2.75) is 38.0 Å². The van der Waals surface area contributed by atoms with Crippen molar-refractivity contribution >= 4 is 69.6 Å². The summed E-state index contributed by atoms with van der Waals surface area (Å²) in [6.07, 6.45) is -4.13. The molecule has 0 unspecified atom stereocenters. The van der Waals surface area contributed by atoms with E-state index in [1.165, 1.54) is 12.1 Å². The van der Waals surface area contributed by atoms with Gasteiger partial charge in [0.25, 0.3) is 0 Å². The van der Waals surface area contributed by atoms with Crippen molar-refractivity contribution in [3.8, 4) is 0 Å². The summed E-state index contributed by atoms with van der Waals surface area (Å²) >= 11 is 3.14. The third-order valence-electron chi connectivity index (χ3n) is 8.41. The summed E-state index contributed by atoms with van der Waals surface area (Å²) in [6.45, 7) is 5.35. The van der Waals surface area contributed by atoms with E-state index in [2.05, 4.69) is 19.8 Å². The van der Waals surface area contributed by atoms with Crippen molar-refractivity contribution in [1.82, 2.24) is 19.8 Å². The highest BCUT2D eigenvalue weighted by Crippen LogP contribution is 2.31. The van der Waals surface area contributed by atoms with E-state index in [1.54, 1.807) is 57.0 Å². The van der Waals surface area contributed by atoms with Crippen LogP contribution in [0.4, 0.5) is 36.6 Å². The number of piperazine rings is 2. The monoisotopic (exact) mass is 810 g/mol. The van der Waals surface area contributed by atoms with Crippen LogP contribution < -0.4 is 9.80 Å². The van der Waals surface area contributed by atoms with Gasteiger partial charge in [-0.2, -0.15) is 26.3 Å². The van der Waals surface area contributed by atoms with Gasteiger partial charge in [0, 0.05) is 88.4 Å². The summed E-state index contributed by atoms with van der Waals surface area (Å²) in [5, 5.41) is 5.75. The third kappa shape index (κ3) is 12.2. The Morgan fingerprint density at radius 2 is 0.962 bits per heavy atom. The van der Waals surface area contributed by atoms with Crippen molar-refractivity contribution in [3.63, 3.8) is 0 Å². The Kier molecular flexibility index (Phi) is 16.0. The maximum atomic E-state index is 12.7. The molecule has 4 heterocycles. The van der Waals surface area contributed by atoms with E-state index < -0.39 is 23.5 Å². The highest BCUT2D eigenvalue weighted by atomic mass is 35.5. The quantitative estimate of drug-likeness (QED) is 0.170. The van der Waals surface area contributed by atoms with Gasteiger partial charge < -0.3 is 19.6 Å². The van der Waals surface area contributed by atoms with Gasteiger partial charge in [-0.25, -0.2) is 9.97 Å². The number of rotatable bonds is 8. The fourth-order valence-electron chi connectivity index (χ4n) is 5.66. The highest BCUT2D eigenvalue weighted by Gasteiger charge is 2.31. The Labute approximate surface area is 318 Å². The maximum Gasteiger partial charge on any atom is 0.416 e. The van der Waals surface area contributed by atoms with Crippen molar-refractivity contribution in [1.29, 1.82) is 0 Å². The molecule has 0 bridgehead atoms. The van der Waals surface area contributed by atoms with E-state index in [9.17, 15) is 35.9 Å². The van der Waals surface area contributed by atoms with E-state index in [1.807, 2.05) is 10.8 Å². The van der Waals surface area contributed by atoms with Crippen molar-refractivity contribution < 1.29 is 35.9 Å². The Morgan fingerprint density at radius 1 is 0.596 bits per heavy atom. The SMILES string of the molecule is Cl.Cl.O=C(CCc1cccc(C(F)(F)F)c1)N1CCN(c2nccs2)CC1.O=C(CCc1cccc(C(F)(F)F)c1)N1CCN(c2nccs2)CC1. The number of halogens is 8. The fraction of sp³-hybridized carbons (Fsp3) is 0.412. The van der Waals surface area contributed by atoms with Gasteiger partial charge in [-0.15, -0.1) is 47.5 Å². The number of nitrogens with zero attached hydrogens (tertiary/aromatic N) is 6. The smallest absolute Gasteiger partial charge is 0.345 e. The molecule has 2 aromatic heterocycles. The molecule has 8 nitrogen and oxygen atoms in total. The van der Waals surface area contributed by atoms with Gasteiger partial charge >= 0.3 is 12.4 Å². The molecular formula is C34H38Cl2F6N6O2S2. The Hall–Kier alpha value is -3.60. The topological polar surface area (TPSA) is 72.9 Å². The molecule has 6 rings (SSSR count). The zero-order chi connectivity index (χ0) is 35.7. The van der Waals surface area contributed by atoms with Gasteiger partial charge in [0.2, 0.25) is 11.8 Å². The second kappa shape index (κ2) is 19.5. The normalized spacial score (nSPS) is 14.9. The minimum Gasteiger partial charge on any atom is -0.345 e. The molecule has 0 atom stereocenters. The number of aryl methyl sites for hydroxylation is 2. The number of hydrogen-bond donors (Lipinski definition) is 0. The zero-order valence-electron chi connectivity index (χ0n) is 27.8. The number of aromatic nitrogens is 2. The van der Waals surface area contributed by atoms with Gasteiger partial charge in [-0.05, 0) is 36.1 Å². The highest BCUT2D eigenvalue weighted by molar-refractivity contribution is 7.13. The summed E-state index contributed by atoms with van der Waals surface area (Å²) in [4.78, 5) is 41.0. The molecule has 0 aliphatic carbocycles. The zero-order valence-corrected chi connectivity index (χ0v) is 31.1. The molecule has 2 aliphatic rings. The van der Waals surface area contributed by atoms with Gasteiger partial charge in [-0.3, -0.25) is 9.59 Å². The first-order chi connectivity index (χ1) is 23.9. The largest absolute Gasteiger partial charge is 0.416 e. The molecule has 0 spiro atoms. The molecule has 52 heavy (non-hydrogen) atoms. The third-order valence-corrected chi connectivity index (χ3v) is 10.1. The van der Waals surface area contributed by atoms with Crippen LogP contribution in [0.2, 0.25) is 0 Å². The van der Waals surface area contributed by atoms with Crippen molar-refractivity contribution in [2.75, 3.05) is 62.2 Å². The lowest BCUT2D eigenvalue weighted by molar-refractivity contribution is -0.138. The van der Waals surface area contributed by atoms with Crippen LogP contribution in [0.1, 0.15) is 35.1 Å². The molecule has 2 aliphatic heterocycles. The van der Waals surface area contributed by atoms with E-state index >= 15 is 0 Å². The standard InChI is InChI=1S/2C17H18F3N3OS.2ClH/c2*18-17(19,20)14-3-1-2-13(12-14)4-5-15(24)22-7-9-23(10-8-22)16-21-6-11-25-16;;/h2*1-3,6,11-12H,4-5,7-10H2;2*1H. The summed E-state index contributed by atoms with van der Waals surface area (Å²) in [7, 11) is 0. The summed E-state index contributed by atoms with van der Waals surface area (Å²) < 4.78 is 76.4. The van der Waals surface area contributed by atoms with Crippen LogP contribution in [0.5, 0.6) is 0 Å². The number of amides is 2. The van der Waals surface area contributed by atoms with E-state index in [0.29, 0.717) is 50.1 Å². The molecule has 0 radical (unpaired) electrons. The molecule has 2 saturated heterocycles. The first kappa shape index (κ1) is 42.8. The summed E-state index contributed by atoms with van der Waals surface area (Å²) in [6, 6.07) is 10.4. The number of benzene rings is 2. The van der Waals surface area contributed by atoms with E-state index in [4.69, 9.17) is 0 Å². The average Bonchev–Trinajstić information content (AvgIpc) is 3.86. The molecule has 18 heteroatoms. The van der Waals surface area contributed by atoms with Crippen LogP contribution in [-0.4, -0.2) is 83.9 Å². The number of carbonyl (C=O) groups is 2. The average molecular weight is 812 g/mol. The molecule has 0 saturated carbocycles. The second-order valence-electron chi connectivity index (χ2n) is 11.8. The molecule has 284 valence electrons. The van der Waals surface area contributed by atoms with Crippen molar-refractivity contribution in [3.05, 3.63) is 93.9 Å². The molecular weight excluding hydrogens is 773 g/mol. The van der Waals surface area contributed by atoms with Crippen molar-refractivity contribution in [2.24, 2.45) is 0 Å².